The number of nitrogens with one attached hydrogen (secondary N) is 1. The van der Waals surface area contributed by atoms with E-state index in [-0.39, 0.29) is 37.2 Å². The summed E-state index contributed by atoms with van der Waals surface area (Å²) in [5, 5.41) is 25.3. The molecule has 0 spiro atoms. The third kappa shape index (κ3) is 7.72. The first-order chi connectivity index (χ1) is 24.2. The van der Waals surface area contributed by atoms with E-state index < -0.39 is 35.6 Å². The van der Waals surface area contributed by atoms with Crippen LogP contribution in [0.1, 0.15) is 62.6 Å². The van der Waals surface area contributed by atoms with Crippen molar-refractivity contribution in [2.24, 2.45) is 5.92 Å². The number of aliphatic hydroxyl groups excluding tert-OH is 2. The molecule has 0 radical (unpaired) electrons. The molecule has 51 heavy (non-hydrogen) atoms. The normalized spacial score (nSPS) is 24.5. The van der Waals surface area contributed by atoms with Crippen molar-refractivity contribution in [2.75, 3.05) is 45.8 Å². The molecule has 10 heteroatoms. The zero-order valence-electron chi connectivity index (χ0n) is 29.9. The lowest BCUT2D eigenvalue weighted by Gasteiger charge is -2.43. The van der Waals surface area contributed by atoms with Crippen molar-refractivity contribution in [2.45, 2.75) is 75.7 Å². The van der Waals surface area contributed by atoms with Crippen LogP contribution in [0, 0.1) is 5.92 Å². The van der Waals surface area contributed by atoms with E-state index in [0.717, 1.165) is 53.6 Å². The smallest absolute Gasteiger partial charge is 0.248 e. The highest BCUT2D eigenvalue weighted by molar-refractivity contribution is 5.94. The number of carbonyl (C=O) groups is 3. The van der Waals surface area contributed by atoms with Gasteiger partial charge in [-0.1, -0.05) is 91.0 Å². The minimum absolute atomic E-state index is 0. The second-order valence-corrected chi connectivity index (χ2v) is 14.6. The molecule has 3 saturated heterocycles. The van der Waals surface area contributed by atoms with Gasteiger partial charge in [0.05, 0.1) is 44.2 Å². The van der Waals surface area contributed by atoms with Crippen LogP contribution in [0.2, 0.25) is 0 Å². The summed E-state index contributed by atoms with van der Waals surface area (Å²) in [5.41, 5.74) is 1.83. The number of aliphatic hydroxyl groups is 2. The van der Waals surface area contributed by atoms with Gasteiger partial charge in [0.15, 0.2) is 0 Å². The number of hydrogen-bond donors (Lipinski definition) is 3. The minimum Gasteiger partial charge on any atom is -1.00 e. The number of piperidine rings is 1. The SMILES string of the molecule is CC[N+]1(CC)CCC[C@H](CNC(=O)[C@H]2CCCN2C(=O)[C@@H]2[C@@H](O)[C@@H](O)CN2C(=O)CC(c2ccccc2)(c2ccccc2)c2ccccc2)C1.[Cl-]. The maximum absolute atomic E-state index is 14.6. The number of carbonyl (C=O) groups excluding carboxylic acids is 3. The van der Waals surface area contributed by atoms with Crippen LogP contribution in [0.4, 0.5) is 0 Å². The van der Waals surface area contributed by atoms with Gasteiger partial charge in [-0.15, -0.1) is 0 Å². The van der Waals surface area contributed by atoms with Crippen LogP contribution < -0.4 is 17.7 Å². The first-order valence-corrected chi connectivity index (χ1v) is 18.5. The van der Waals surface area contributed by atoms with Gasteiger partial charge in [0.25, 0.3) is 0 Å². The van der Waals surface area contributed by atoms with Gasteiger partial charge in [-0.05, 0) is 56.2 Å². The molecule has 3 aromatic carbocycles. The number of β-amino-alcohol motifs (C(OH)–C–C–N with tert-alkyl or cyclic N) is 1. The zero-order chi connectivity index (χ0) is 35.3. The molecule has 3 amide bonds. The molecule has 9 nitrogen and oxygen atoms in total. The third-order valence-corrected chi connectivity index (χ3v) is 11.9. The Bertz CT molecular complexity index is 1510. The van der Waals surface area contributed by atoms with Crippen molar-refractivity contribution in [3.05, 3.63) is 108 Å². The fraction of sp³-hybridized carbons (Fsp3) is 0.488. The van der Waals surface area contributed by atoms with Gasteiger partial charge in [-0.25, -0.2) is 0 Å². The Labute approximate surface area is 308 Å². The number of hydrogen-bond acceptors (Lipinski definition) is 5. The molecule has 0 unspecified atom stereocenters. The molecule has 3 heterocycles. The van der Waals surface area contributed by atoms with Gasteiger partial charge in [0.2, 0.25) is 17.7 Å². The number of benzene rings is 3. The summed E-state index contributed by atoms with van der Waals surface area (Å²) in [6.07, 6.45) is 0.600. The number of likely N-dealkylation sites (tertiary alicyclic amines) is 3. The molecule has 3 aliphatic rings. The van der Waals surface area contributed by atoms with Crippen LogP contribution >= 0.6 is 0 Å². The van der Waals surface area contributed by atoms with Crippen molar-refractivity contribution in [3.63, 3.8) is 0 Å². The molecule has 6 rings (SSSR count). The molecular formula is C41H53ClN4O5. The summed E-state index contributed by atoms with van der Waals surface area (Å²) in [6.45, 7) is 9.62. The van der Waals surface area contributed by atoms with E-state index in [1.54, 1.807) is 0 Å². The van der Waals surface area contributed by atoms with E-state index in [9.17, 15) is 24.6 Å². The summed E-state index contributed by atoms with van der Waals surface area (Å²) < 4.78 is 1.07. The van der Waals surface area contributed by atoms with Crippen molar-refractivity contribution >= 4 is 17.7 Å². The molecule has 274 valence electrons. The van der Waals surface area contributed by atoms with Gasteiger partial charge < -0.3 is 42.2 Å². The average molecular weight is 717 g/mol. The number of quaternary nitrogens is 1. The molecular weight excluding hydrogens is 664 g/mol. The monoisotopic (exact) mass is 716 g/mol. The Morgan fingerprint density at radius 1 is 0.804 bits per heavy atom. The number of halogens is 1. The summed E-state index contributed by atoms with van der Waals surface area (Å²) in [5.74, 6) is -0.650. The molecule has 3 aromatic rings. The molecule has 0 bridgehead atoms. The van der Waals surface area contributed by atoms with Gasteiger partial charge in [-0.3, -0.25) is 14.4 Å². The van der Waals surface area contributed by atoms with Crippen LogP contribution in [-0.4, -0.2) is 112 Å². The van der Waals surface area contributed by atoms with Crippen molar-refractivity contribution in [1.29, 1.82) is 0 Å². The van der Waals surface area contributed by atoms with Crippen LogP contribution in [-0.2, 0) is 19.8 Å². The molecule has 3 N–H and O–H groups in total. The number of amides is 3. The maximum atomic E-state index is 14.6. The summed E-state index contributed by atoms with van der Waals surface area (Å²) in [4.78, 5) is 45.5. The minimum atomic E-state index is -1.47. The van der Waals surface area contributed by atoms with Gasteiger partial charge in [0.1, 0.15) is 18.2 Å². The highest BCUT2D eigenvalue weighted by Gasteiger charge is 2.52. The standard InChI is InChI=1S/C41H52N4O5.ClH/c1-3-45(4-2)25-15-16-30(29-45)27-42-39(49)34-23-14-24-43(34)40(50)37-38(48)35(46)28-44(37)36(47)26-41(31-17-8-5-9-18-31,32-19-10-6-11-20-32)33-21-12-7-13-22-33;/h5-13,17-22,30,34-35,37-38,46,48H,3-4,14-16,23-29H2,1-2H3;1H/t30-,34-,35+,37+,38+;/m1./s1. The number of rotatable bonds is 11. The van der Waals surface area contributed by atoms with E-state index >= 15 is 0 Å². The lowest BCUT2D eigenvalue weighted by molar-refractivity contribution is -0.932. The van der Waals surface area contributed by atoms with E-state index in [4.69, 9.17) is 0 Å². The van der Waals surface area contributed by atoms with Crippen LogP contribution in [0.25, 0.3) is 0 Å². The second-order valence-electron chi connectivity index (χ2n) is 14.6. The highest BCUT2D eigenvalue weighted by Crippen LogP contribution is 2.43. The lowest BCUT2D eigenvalue weighted by Crippen LogP contribution is -3.00. The highest BCUT2D eigenvalue weighted by atomic mass is 35.5. The summed E-state index contributed by atoms with van der Waals surface area (Å²) >= 11 is 0. The molecule has 5 atom stereocenters. The fourth-order valence-corrected chi connectivity index (χ4v) is 8.90. The molecule has 0 aromatic heterocycles. The quantitative estimate of drug-likeness (QED) is 0.200. The van der Waals surface area contributed by atoms with Crippen molar-refractivity contribution < 1.29 is 41.5 Å². The first kappa shape index (κ1) is 38.5. The predicted octanol–water partition coefficient (Wildman–Crippen LogP) is 0.722. The topological polar surface area (TPSA) is 110 Å². The average Bonchev–Trinajstić information content (AvgIpc) is 3.78. The predicted molar refractivity (Wildman–Crippen MR) is 193 cm³/mol. The van der Waals surface area contributed by atoms with E-state index in [2.05, 4.69) is 19.2 Å². The van der Waals surface area contributed by atoms with Crippen LogP contribution in [0.15, 0.2) is 91.0 Å². The van der Waals surface area contributed by atoms with E-state index in [1.165, 1.54) is 16.3 Å². The summed E-state index contributed by atoms with van der Waals surface area (Å²) in [6, 6.07) is 27.6. The lowest BCUT2D eigenvalue weighted by atomic mass is 9.67. The Morgan fingerprint density at radius 2 is 1.35 bits per heavy atom. The second kappa shape index (κ2) is 16.7. The third-order valence-electron chi connectivity index (χ3n) is 11.9. The van der Waals surface area contributed by atoms with Crippen LogP contribution in [0.5, 0.6) is 0 Å². The van der Waals surface area contributed by atoms with E-state index in [1.807, 2.05) is 91.0 Å². The molecule has 0 saturated carbocycles. The van der Waals surface area contributed by atoms with Gasteiger partial charge >= 0.3 is 0 Å². The van der Waals surface area contributed by atoms with E-state index in [0.29, 0.717) is 31.8 Å². The Hall–Kier alpha value is -3.76. The number of nitrogens with zero attached hydrogens (tertiary/aromatic N) is 3. The zero-order valence-corrected chi connectivity index (χ0v) is 30.6. The molecule has 3 aliphatic heterocycles. The molecule has 3 fully saturated rings. The maximum Gasteiger partial charge on any atom is 0.248 e. The first-order valence-electron chi connectivity index (χ1n) is 18.5. The molecule has 0 aliphatic carbocycles. The van der Waals surface area contributed by atoms with Gasteiger partial charge in [-0.2, -0.15) is 0 Å². The largest absolute Gasteiger partial charge is 1.00 e. The van der Waals surface area contributed by atoms with Crippen LogP contribution in [0.3, 0.4) is 0 Å². The Balaban J connectivity index is 0.00000504. The van der Waals surface area contributed by atoms with Crippen molar-refractivity contribution in [1.82, 2.24) is 15.1 Å². The van der Waals surface area contributed by atoms with Gasteiger partial charge in [0, 0.05) is 25.4 Å². The van der Waals surface area contributed by atoms with Crippen molar-refractivity contribution in [3.8, 4) is 0 Å². The fourth-order valence-electron chi connectivity index (χ4n) is 8.90. The Morgan fingerprint density at radius 3 is 1.88 bits per heavy atom. The summed E-state index contributed by atoms with van der Waals surface area (Å²) in [7, 11) is 0. The Kier molecular flexibility index (Phi) is 12.6.